The van der Waals surface area contributed by atoms with Crippen LogP contribution in [0.5, 0.6) is 0 Å². The molecular formula is C8H15NO2S. The molecule has 0 aromatic heterocycles. The zero-order chi connectivity index (χ0) is 14.6. The van der Waals surface area contributed by atoms with Gasteiger partial charge in [-0.1, -0.05) is 0 Å². The molecule has 0 aliphatic carbocycles. The van der Waals surface area contributed by atoms with Gasteiger partial charge in [-0.15, -0.1) is 11.8 Å². The molecule has 0 saturated carbocycles. The second kappa shape index (κ2) is 2.64. The first-order valence-electron chi connectivity index (χ1n) is 6.45. The standard InChI is InChI=1S/C8H15NO2S/c1-7(2)5(6(10)11)9-8(3,4)12-7/h5,9H,1-4H3,(H,10,11)/i1D3,2D3. The van der Waals surface area contributed by atoms with Gasteiger partial charge in [0, 0.05) is 13.0 Å². The van der Waals surface area contributed by atoms with E-state index in [0.29, 0.717) is 11.8 Å². The number of hydrogen-bond acceptors (Lipinski definition) is 3. The largest absolute Gasteiger partial charge is 0.480 e. The van der Waals surface area contributed by atoms with E-state index >= 15 is 0 Å². The zero-order valence-corrected chi connectivity index (χ0v) is 7.66. The van der Waals surface area contributed by atoms with Crippen molar-refractivity contribution in [2.75, 3.05) is 0 Å². The number of carbonyl (C=O) groups is 1. The molecule has 0 aromatic rings. The molecule has 3 nitrogen and oxygen atoms in total. The van der Waals surface area contributed by atoms with Crippen molar-refractivity contribution in [1.29, 1.82) is 0 Å². The van der Waals surface area contributed by atoms with Crippen molar-refractivity contribution < 1.29 is 18.1 Å². The fraction of sp³-hybridized carbons (Fsp3) is 0.875. The van der Waals surface area contributed by atoms with Crippen molar-refractivity contribution in [3.63, 3.8) is 0 Å². The molecule has 0 bridgehead atoms. The molecule has 12 heavy (non-hydrogen) atoms. The van der Waals surface area contributed by atoms with E-state index in [1.807, 2.05) is 0 Å². The Hall–Kier alpha value is -0.220. The van der Waals surface area contributed by atoms with Crippen LogP contribution in [0.3, 0.4) is 0 Å². The lowest BCUT2D eigenvalue weighted by Gasteiger charge is -2.21. The molecular weight excluding hydrogens is 174 g/mol. The van der Waals surface area contributed by atoms with Crippen molar-refractivity contribution in [2.24, 2.45) is 0 Å². The van der Waals surface area contributed by atoms with Crippen molar-refractivity contribution >= 4 is 17.7 Å². The Morgan fingerprint density at radius 2 is 2.25 bits per heavy atom. The summed E-state index contributed by atoms with van der Waals surface area (Å²) >= 11 is 0.649. The van der Waals surface area contributed by atoms with Crippen molar-refractivity contribution in [1.82, 2.24) is 5.32 Å². The highest BCUT2D eigenvalue weighted by molar-refractivity contribution is 8.02. The number of nitrogens with one attached hydrogen (secondary N) is 1. The van der Waals surface area contributed by atoms with Crippen LogP contribution in [0.2, 0.25) is 0 Å². The molecule has 1 rings (SSSR count). The van der Waals surface area contributed by atoms with Crippen molar-refractivity contribution in [2.45, 2.75) is 43.2 Å². The third kappa shape index (κ3) is 1.75. The number of carboxylic acids is 1. The van der Waals surface area contributed by atoms with Crippen LogP contribution in [0.4, 0.5) is 0 Å². The summed E-state index contributed by atoms with van der Waals surface area (Å²) in [6.45, 7) is -2.72. The monoisotopic (exact) mass is 195 g/mol. The average molecular weight is 195 g/mol. The Morgan fingerprint density at radius 3 is 2.58 bits per heavy atom. The summed E-state index contributed by atoms with van der Waals surface area (Å²) in [5, 5.41) is 11.7. The van der Waals surface area contributed by atoms with E-state index in [-0.39, 0.29) is 0 Å². The molecule has 1 fully saturated rings. The molecule has 0 spiro atoms. The van der Waals surface area contributed by atoms with Crippen LogP contribution in [-0.2, 0) is 4.79 Å². The fourth-order valence-corrected chi connectivity index (χ4v) is 2.44. The van der Waals surface area contributed by atoms with E-state index in [0.717, 1.165) is 0 Å². The van der Waals surface area contributed by atoms with Crippen LogP contribution in [0.1, 0.15) is 35.8 Å². The quantitative estimate of drug-likeness (QED) is 0.662. The summed E-state index contributed by atoms with van der Waals surface area (Å²) < 4.78 is 42.5. The number of aliphatic carboxylic acids is 1. The molecule has 0 aromatic carbocycles. The minimum atomic E-state index is -2.92. The summed E-state index contributed by atoms with van der Waals surface area (Å²) in [5.41, 5.74) is 0. The normalized spacial score (nSPS) is 41.3. The topological polar surface area (TPSA) is 49.3 Å². The number of rotatable bonds is 1. The third-order valence-electron chi connectivity index (χ3n) is 1.56. The Morgan fingerprint density at radius 1 is 1.67 bits per heavy atom. The van der Waals surface area contributed by atoms with Gasteiger partial charge in [-0.2, -0.15) is 0 Å². The maximum absolute atomic E-state index is 11.2. The fourth-order valence-electron chi connectivity index (χ4n) is 1.18. The summed E-state index contributed by atoms with van der Waals surface area (Å²) in [6.07, 6.45) is 0. The summed E-state index contributed by atoms with van der Waals surface area (Å²) in [4.78, 5) is 10.3. The van der Waals surface area contributed by atoms with Gasteiger partial charge in [0.05, 0.1) is 4.87 Å². The van der Waals surface area contributed by atoms with Crippen LogP contribution in [0.25, 0.3) is 0 Å². The van der Waals surface area contributed by atoms with Gasteiger partial charge in [-0.3, -0.25) is 10.1 Å². The smallest absolute Gasteiger partial charge is 0.322 e. The number of thioether (sulfide) groups is 1. The number of hydrogen-bond donors (Lipinski definition) is 2. The molecule has 0 radical (unpaired) electrons. The van der Waals surface area contributed by atoms with Gasteiger partial charge in [0.2, 0.25) is 0 Å². The predicted molar refractivity (Wildman–Crippen MR) is 50.3 cm³/mol. The highest BCUT2D eigenvalue weighted by atomic mass is 32.2. The number of carboxylic acid groups (broad SMARTS) is 1. The van der Waals surface area contributed by atoms with Gasteiger partial charge in [-0.05, 0) is 27.6 Å². The Kier molecular flexibility index (Phi) is 0.951. The second-order valence-electron chi connectivity index (χ2n) is 3.26. The molecule has 1 heterocycles. The first kappa shape index (κ1) is 4.33. The maximum Gasteiger partial charge on any atom is 0.322 e. The lowest BCUT2D eigenvalue weighted by atomic mass is 10.0. The van der Waals surface area contributed by atoms with Crippen molar-refractivity contribution in [3.8, 4) is 0 Å². The molecule has 1 aliphatic rings. The van der Waals surface area contributed by atoms with E-state index in [2.05, 4.69) is 5.32 Å². The van der Waals surface area contributed by atoms with E-state index in [9.17, 15) is 4.79 Å². The summed E-state index contributed by atoms with van der Waals surface area (Å²) in [7, 11) is 0. The van der Waals surface area contributed by atoms with E-state index in [1.54, 1.807) is 13.8 Å². The molecule has 70 valence electrons. The first-order valence-corrected chi connectivity index (χ1v) is 4.27. The van der Waals surface area contributed by atoms with Crippen LogP contribution in [0.15, 0.2) is 0 Å². The van der Waals surface area contributed by atoms with E-state index in [4.69, 9.17) is 13.3 Å². The highest BCUT2D eigenvalue weighted by Crippen LogP contribution is 2.43. The van der Waals surface area contributed by atoms with Gasteiger partial charge in [0.1, 0.15) is 6.04 Å². The van der Waals surface area contributed by atoms with E-state index in [1.165, 1.54) is 0 Å². The molecule has 0 amide bonds. The maximum atomic E-state index is 11.2. The van der Waals surface area contributed by atoms with Crippen LogP contribution >= 0.6 is 11.8 Å². The molecule has 1 unspecified atom stereocenters. The van der Waals surface area contributed by atoms with Crippen molar-refractivity contribution in [3.05, 3.63) is 0 Å². The van der Waals surface area contributed by atoms with E-state index < -0.39 is 35.3 Å². The minimum Gasteiger partial charge on any atom is -0.480 e. The first-order chi connectivity index (χ1) is 7.75. The zero-order valence-electron chi connectivity index (χ0n) is 12.8. The lowest BCUT2D eigenvalue weighted by molar-refractivity contribution is -0.140. The highest BCUT2D eigenvalue weighted by Gasteiger charge is 2.48. The lowest BCUT2D eigenvalue weighted by Crippen LogP contribution is -2.46. The van der Waals surface area contributed by atoms with Crippen LogP contribution < -0.4 is 5.32 Å². The summed E-state index contributed by atoms with van der Waals surface area (Å²) in [5.74, 6) is -1.47. The molecule has 1 saturated heterocycles. The second-order valence-corrected chi connectivity index (χ2v) is 5.13. The molecule has 1 atom stereocenters. The van der Waals surface area contributed by atoms with Gasteiger partial charge in [0.15, 0.2) is 0 Å². The Bertz CT molecular complexity index is 350. The Balaban J connectivity index is 3.47. The van der Waals surface area contributed by atoms with Gasteiger partial charge < -0.3 is 5.11 Å². The van der Waals surface area contributed by atoms with Crippen LogP contribution in [0, 0.1) is 0 Å². The SMILES string of the molecule is [2H]C([2H])([2H])C1(C([2H])([2H])[2H])SC(C)(C)NC1C(=O)O. The van der Waals surface area contributed by atoms with Crippen LogP contribution in [-0.4, -0.2) is 26.7 Å². The van der Waals surface area contributed by atoms with Gasteiger partial charge >= 0.3 is 5.97 Å². The summed E-state index contributed by atoms with van der Waals surface area (Å²) in [6, 6.07) is -1.66. The third-order valence-corrected chi connectivity index (χ3v) is 2.75. The molecule has 4 heteroatoms. The average Bonchev–Trinajstić information content (AvgIpc) is 2.36. The molecule has 2 N–H and O–H groups in total. The Labute approximate surface area is 85.3 Å². The van der Waals surface area contributed by atoms with Gasteiger partial charge in [-0.25, -0.2) is 0 Å². The predicted octanol–water partition coefficient (Wildman–Crippen LogP) is 1.29. The van der Waals surface area contributed by atoms with Gasteiger partial charge in [0.25, 0.3) is 0 Å². The molecule has 1 aliphatic heterocycles. The minimum absolute atomic E-state index is 0.649.